The van der Waals surface area contributed by atoms with Gasteiger partial charge in [-0.1, -0.05) is 0 Å². The third kappa shape index (κ3) is 2.41. The Morgan fingerprint density at radius 3 is 2.53 bits per heavy atom. The number of hydrogen-bond acceptors (Lipinski definition) is 1. The molecule has 17 heavy (non-hydrogen) atoms. The van der Waals surface area contributed by atoms with Crippen LogP contribution in [0.5, 0.6) is 0 Å². The van der Waals surface area contributed by atoms with Crippen molar-refractivity contribution in [3.05, 3.63) is 28.4 Å². The Labute approximate surface area is 104 Å². The van der Waals surface area contributed by atoms with Crippen LogP contribution in [0.25, 0.3) is 10.9 Å². The predicted molar refractivity (Wildman–Crippen MR) is 64.8 cm³/mol. The minimum absolute atomic E-state index is 0.227. The topological polar surface area (TPSA) is 30.9 Å². The first-order chi connectivity index (χ1) is 7.78. The van der Waals surface area contributed by atoms with E-state index in [9.17, 15) is 13.2 Å². The van der Waals surface area contributed by atoms with Crippen molar-refractivity contribution in [3.8, 4) is 0 Å². The van der Waals surface area contributed by atoms with Crippen molar-refractivity contribution in [1.29, 1.82) is 0 Å². The van der Waals surface area contributed by atoms with Gasteiger partial charge in [0, 0.05) is 33.8 Å². The van der Waals surface area contributed by atoms with Crippen LogP contribution in [0.3, 0.4) is 0 Å². The van der Waals surface area contributed by atoms with Crippen molar-refractivity contribution in [1.82, 2.24) is 4.57 Å². The van der Waals surface area contributed by atoms with Crippen molar-refractivity contribution >= 4 is 32.5 Å². The summed E-state index contributed by atoms with van der Waals surface area (Å²) >= 11 is 3.26. The number of anilines is 1. The van der Waals surface area contributed by atoms with E-state index in [1.54, 1.807) is 19.2 Å². The molecule has 0 aliphatic carbocycles. The van der Waals surface area contributed by atoms with Gasteiger partial charge in [-0.05, 0) is 34.1 Å². The Morgan fingerprint density at radius 2 is 1.94 bits per heavy atom. The van der Waals surface area contributed by atoms with Gasteiger partial charge >= 0.3 is 6.18 Å². The van der Waals surface area contributed by atoms with Gasteiger partial charge in [-0.15, -0.1) is 0 Å². The number of aryl methyl sites for hydroxylation is 1. The predicted octanol–water partition coefficient (Wildman–Crippen LogP) is 3.63. The molecule has 0 saturated carbocycles. The fraction of sp³-hybridized carbons (Fsp3) is 0.273. The van der Waals surface area contributed by atoms with Gasteiger partial charge in [0.25, 0.3) is 0 Å². The third-order valence-electron chi connectivity index (χ3n) is 2.64. The molecule has 2 nitrogen and oxygen atoms in total. The maximum absolute atomic E-state index is 12.4. The summed E-state index contributed by atoms with van der Waals surface area (Å²) in [6.07, 6.45) is -5.14. The zero-order valence-electron chi connectivity index (χ0n) is 8.98. The summed E-state index contributed by atoms with van der Waals surface area (Å²) in [7, 11) is 1.62. The van der Waals surface area contributed by atoms with Crippen molar-refractivity contribution < 1.29 is 13.2 Å². The van der Waals surface area contributed by atoms with E-state index in [0.717, 1.165) is 5.52 Å². The van der Waals surface area contributed by atoms with Crippen molar-refractivity contribution in [2.75, 3.05) is 5.73 Å². The number of fused-ring (bicyclic) bond motifs is 1. The number of nitrogen functional groups attached to an aromatic ring is 1. The van der Waals surface area contributed by atoms with Gasteiger partial charge in [0.15, 0.2) is 0 Å². The SMILES string of the molecule is Cn1c(CC(F)(F)F)cc2cc(N)c(Br)cc21. The van der Waals surface area contributed by atoms with Crippen LogP contribution < -0.4 is 5.73 Å². The number of hydrogen-bond donors (Lipinski definition) is 1. The average molecular weight is 307 g/mol. The van der Waals surface area contributed by atoms with E-state index < -0.39 is 12.6 Å². The van der Waals surface area contributed by atoms with Crippen LogP contribution in [0.15, 0.2) is 22.7 Å². The van der Waals surface area contributed by atoms with Gasteiger partial charge in [0.05, 0.1) is 6.42 Å². The van der Waals surface area contributed by atoms with Gasteiger partial charge in [-0.2, -0.15) is 13.2 Å². The molecule has 0 radical (unpaired) electrons. The number of alkyl halides is 3. The lowest BCUT2D eigenvalue weighted by atomic mass is 10.2. The van der Waals surface area contributed by atoms with Crippen LogP contribution in [0.1, 0.15) is 5.69 Å². The zero-order valence-corrected chi connectivity index (χ0v) is 10.6. The fourth-order valence-corrected chi connectivity index (χ4v) is 2.14. The average Bonchev–Trinajstić information content (AvgIpc) is 2.43. The van der Waals surface area contributed by atoms with Crippen LogP contribution in [-0.2, 0) is 13.5 Å². The van der Waals surface area contributed by atoms with E-state index in [4.69, 9.17) is 5.73 Å². The molecule has 0 fully saturated rings. The molecule has 0 aliphatic rings. The summed E-state index contributed by atoms with van der Waals surface area (Å²) in [6.45, 7) is 0. The summed E-state index contributed by atoms with van der Waals surface area (Å²) in [5, 5.41) is 0.715. The number of halogens is 4. The molecule has 0 spiro atoms. The van der Waals surface area contributed by atoms with Gasteiger partial charge in [-0.3, -0.25) is 0 Å². The Bertz CT molecular complexity index is 572. The molecule has 0 atom stereocenters. The number of nitrogens with two attached hydrogens (primary N) is 1. The van der Waals surface area contributed by atoms with E-state index >= 15 is 0 Å². The Morgan fingerprint density at radius 1 is 1.29 bits per heavy atom. The molecule has 0 amide bonds. The van der Waals surface area contributed by atoms with E-state index in [2.05, 4.69) is 15.9 Å². The van der Waals surface area contributed by atoms with E-state index in [1.807, 2.05) is 0 Å². The third-order valence-corrected chi connectivity index (χ3v) is 3.33. The number of rotatable bonds is 1. The molecule has 2 rings (SSSR count). The molecule has 1 aromatic heterocycles. The van der Waals surface area contributed by atoms with Gasteiger partial charge in [0.1, 0.15) is 0 Å². The van der Waals surface area contributed by atoms with Crippen LogP contribution >= 0.6 is 15.9 Å². The maximum Gasteiger partial charge on any atom is 0.394 e. The lowest BCUT2D eigenvalue weighted by Gasteiger charge is -2.07. The van der Waals surface area contributed by atoms with Crippen LogP contribution in [-0.4, -0.2) is 10.7 Å². The second-order valence-electron chi connectivity index (χ2n) is 3.92. The summed E-state index contributed by atoms with van der Waals surface area (Å²) in [6, 6.07) is 4.91. The zero-order chi connectivity index (χ0) is 12.8. The number of benzene rings is 1. The molecule has 0 saturated heterocycles. The van der Waals surface area contributed by atoms with Crippen molar-refractivity contribution in [3.63, 3.8) is 0 Å². The summed E-state index contributed by atoms with van der Waals surface area (Å²) in [5.74, 6) is 0. The first-order valence-corrected chi connectivity index (χ1v) is 5.67. The highest BCUT2D eigenvalue weighted by Gasteiger charge is 2.29. The highest BCUT2D eigenvalue weighted by molar-refractivity contribution is 9.10. The molecule has 6 heteroatoms. The Balaban J connectivity index is 2.57. The smallest absolute Gasteiger partial charge is 0.394 e. The highest BCUT2D eigenvalue weighted by atomic mass is 79.9. The largest absolute Gasteiger partial charge is 0.398 e. The number of nitrogens with zero attached hydrogens (tertiary/aromatic N) is 1. The molecule has 1 heterocycles. The van der Waals surface area contributed by atoms with Gasteiger partial charge < -0.3 is 10.3 Å². The fourth-order valence-electron chi connectivity index (χ4n) is 1.81. The van der Waals surface area contributed by atoms with Gasteiger partial charge in [-0.25, -0.2) is 0 Å². The monoisotopic (exact) mass is 306 g/mol. The lowest BCUT2D eigenvalue weighted by Crippen LogP contribution is -2.13. The second-order valence-corrected chi connectivity index (χ2v) is 4.77. The molecule has 0 unspecified atom stereocenters. The highest BCUT2D eigenvalue weighted by Crippen LogP contribution is 2.30. The molecule has 1 aromatic carbocycles. The summed E-state index contributed by atoms with van der Waals surface area (Å²) in [4.78, 5) is 0. The van der Waals surface area contributed by atoms with Crippen molar-refractivity contribution in [2.24, 2.45) is 7.05 Å². The molecule has 0 bridgehead atoms. The molecular weight excluding hydrogens is 297 g/mol. The molecular formula is C11H10BrF3N2. The normalized spacial score (nSPS) is 12.3. The Kier molecular flexibility index (Phi) is 2.85. The first-order valence-electron chi connectivity index (χ1n) is 4.88. The second kappa shape index (κ2) is 3.94. The summed E-state index contributed by atoms with van der Waals surface area (Å²) in [5.41, 5.74) is 7.16. The quantitative estimate of drug-likeness (QED) is 0.801. The van der Waals surface area contributed by atoms with E-state index in [-0.39, 0.29) is 5.69 Å². The standard InChI is InChI=1S/C11H10BrF3N2/c1-17-7(5-11(13,14)15)2-6-3-9(16)8(12)4-10(6)17/h2-4H,5,16H2,1H3. The lowest BCUT2D eigenvalue weighted by molar-refractivity contribution is -0.128. The molecule has 2 N–H and O–H groups in total. The van der Waals surface area contributed by atoms with Crippen LogP contribution in [0.2, 0.25) is 0 Å². The minimum Gasteiger partial charge on any atom is -0.398 e. The number of aromatic nitrogens is 1. The van der Waals surface area contributed by atoms with Crippen LogP contribution in [0, 0.1) is 0 Å². The first kappa shape index (κ1) is 12.3. The summed E-state index contributed by atoms with van der Waals surface area (Å²) < 4.78 is 39.3. The van der Waals surface area contributed by atoms with E-state index in [0.29, 0.717) is 15.5 Å². The minimum atomic E-state index is -4.20. The van der Waals surface area contributed by atoms with Crippen LogP contribution in [0.4, 0.5) is 18.9 Å². The Hall–Kier alpha value is -1.17. The molecule has 92 valence electrons. The van der Waals surface area contributed by atoms with Gasteiger partial charge in [0.2, 0.25) is 0 Å². The molecule has 2 aromatic rings. The van der Waals surface area contributed by atoms with Crippen molar-refractivity contribution in [2.45, 2.75) is 12.6 Å². The maximum atomic E-state index is 12.4. The molecule has 0 aliphatic heterocycles. The van der Waals surface area contributed by atoms with E-state index in [1.165, 1.54) is 10.6 Å².